The van der Waals surface area contributed by atoms with E-state index in [1.165, 1.54) is 0 Å². The molecule has 0 saturated carbocycles. The Kier molecular flexibility index (Phi) is 1.99. The normalized spacial score (nSPS) is 34.6. The van der Waals surface area contributed by atoms with Crippen LogP contribution < -0.4 is 0 Å². The largest absolute Gasteiger partial charge is 0.468 e. The number of hydrogen-bond acceptors (Lipinski definition) is 3. The lowest BCUT2D eigenvalue weighted by molar-refractivity contribution is -0.150. The molecule has 1 aliphatic heterocycles. The van der Waals surface area contributed by atoms with Crippen molar-refractivity contribution in [3.05, 3.63) is 0 Å². The summed E-state index contributed by atoms with van der Waals surface area (Å²) in [6.45, 7) is 0. The second kappa shape index (κ2) is 2.58. The highest BCUT2D eigenvalue weighted by atomic mass is 19.4. The van der Waals surface area contributed by atoms with Crippen LogP contribution in [0.2, 0.25) is 0 Å². The van der Waals surface area contributed by atoms with Gasteiger partial charge in [0.2, 0.25) is 0 Å². The van der Waals surface area contributed by atoms with E-state index >= 15 is 0 Å². The molecule has 1 fully saturated rings. The zero-order chi connectivity index (χ0) is 9.52. The summed E-state index contributed by atoms with van der Waals surface area (Å²) in [5, 5.41) is -0.578. The number of halogens is 4. The van der Waals surface area contributed by atoms with Crippen molar-refractivity contribution in [1.29, 1.82) is 0 Å². The molecule has 0 radical (unpaired) electrons. The maximum absolute atomic E-state index is 12.2. The maximum atomic E-state index is 12.2. The number of hydrogen-bond donors (Lipinski definition) is 0. The molecule has 0 aromatic carbocycles. The van der Waals surface area contributed by atoms with E-state index in [-0.39, 0.29) is 0 Å². The van der Waals surface area contributed by atoms with Gasteiger partial charge in [0.05, 0.1) is 7.11 Å². The summed E-state index contributed by atoms with van der Waals surface area (Å²) in [5.74, 6) is -1.21. The Labute approximate surface area is 64.8 Å². The second-order valence-corrected chi connectivity index (χ2v) is 2.30. The van der Waals surface area contributed by atoms with Gasteiger partial charge in [-0.05, 0) is 0 Å². The highest BCUT2D eigenvalue weighted by Gasteiger charge is 2.68. The zero-order valence-corrected chi connectivity index (χ0v) is 5.93. The number of rotatable bonds is 1. The molecular weight excluding hydrogens is 182 g/mol. The van der Waals surface area contributed by atoms with E-state index in [4.69, 9.17) is 0 Å². The van der Waals surface area contributed by atoms with Gasteiger partial charge < -0.3 is 4.74 Å². The van der Waals surface area contributed by atoms with Gasteiger partial charge in [-0.3, -0.25) is 4.79 Å². The molecule has 70 valence electrons. The summed E-state index contributed by atoms with van der Waals surface area (Å²) in [7, 11) is 0.905. The topological polar surface area (TPSA) is 29.3 Å². The Balaban J connectivity index is 2.60. The van der Waals surface area contributed by atoms with E-state index in [0.717, 1.165) is 7.11 Å². The molecule has 1 heterocycles. The molecule has 0 aromatic heterocycles. The number of esters is 1. The molecule has 7 heteroatoms. The van der Waals surface area contributed by atoms with Gasteiger partial charge in [0, 0.05) is 0 Å². The van der Waals surface area contributed by atoms with Crippen LogP contribution >= 0.6 is 0 Å². The van der Waals surface area contributed by atoms with Crippen molar-refractivity contribution in [3.8, 4) is 0 Å². The Morgan fingerprint density at radius 2 is 2.00 bits per heavy atom. The van der Waals surface area contributed by atoms with E-state index < -0.39 is 29.4 Å². The molecule has 12 heavy (non-hydrogen) atoms. The summed E-state index contributed by atoms with van der Waals surface area (Å²) in [5.41, 5.74) is 0. The van der Waals surface area contributed by atoms with Crippen molar-refractivity contribution < 1.29 is 27.2 Å². The fourth-order valence-electron chi connectivity index (χ4n) is 0.874. The van der Waals surface area contributed by atoms with Gasteiger partial charge in [0.15, 0.2) is 12.1 Å². The lowest BCUT2D eigenvalue weighted by atomic mass is 10.3. The van der Waals surface area contributed by atoms with Crippen molar-refractivity contribution in [3.63, 3.8) is 0 Å². The van der Waals surface area contributed by atoms with Crippen LogP contribution in [-0.2, 0) is 9.53 Å². The number of alkyl halides is 3. The van der Waals surface area contributed by atoms with Crippen LogP contribution in [0.1, 0.15) is 0 Å². The molecule has 1 rings (SSSR count). The third kappa shape index (κ3) is 1.36. The van der Waals surface area contributed by atoms with Crippen molar-refractivity contribution in [2.45, 2.75) is 18.3 Å². The Morgan fingerprint density at radius 3 is 2.25 bits per heavy atom. The number of ether oxygens (including phenoxy) is 1. The van der Waals surface area contributed by atoms with E-state index in [0.29, 0.717) is 0 Å². The highest BCUT2D eigenvalue weighted by molar-refractivity contribution is 5.80. The summed E-state index contributed by atoms with van der Waals surface area (Å²) in [6, 6.07) is -4.14. The standard InChI is InChI=1S/C5H5F4NO2/c1-12-4(11)2-3(10(2)9)5(6,7)8/h2-3H,1H3/t2-,3-,10?/m1/s1. The molecule has 0 aromatic rings. The predicted molar refractivity (Wildman–Crippen MR) is 28.6 cm³/mol. The third-order valence-electron chi connectivity index (χ3n) is 1.52. The molecule has 3 atom stereocenters. The van der Waals surface area contributed by atoms with E-state index in [1.807, 2.05) is 0 Å². The summed E-state index contributed by atoms with van der Waals surface area (Å²) in [4.78, 5) is 10.4. The number of nitrogens with zero attached hydrogens (tertiary/aromatic N) is 1. The van der Waals surface area contributed by atoms with Crippen LogP contribution in [0.4, 0.5) is 17.7 Å². The zero-order valence-electron chi connectivity index (χ0n) is 5.93. The van der Waals surface area contributed by atoms with Crippen LogP contribution in [0.15, 0.2) is 0 Å². The van der Waals surface area contributed by atoms with Gasteiger partial charge in [-0.25, -0.2) is 0 Å². The SMILES string of the molecule is COC(=O)[C@H]1[C@H](C(F)(F)F)N1F. The average molecular weight is 187 g/mol. The molecule has 3 nitrogen and oxygen atoms in total. The molecule has 0 aliphatic carbocycles. The Morgan fingerprint density at radius 1 is 1.50 bits per heavy atom. The Hall–Kier alpha value is -0.850. The summed E-state index contributed by atoms with van der Waals surface area (Å²) in [6.07, 6.45) is -4.71. The molecule has 1 aliphatic rings. The first kappa shape index (κ1) is 9.24. The molecule has 0 spiro atoms. The van der Waals surface area contributed by atoms with Gasteiger partial charge >= 0.3 is 12.1 Å². The maximum Gasteiger partial charge on any atom is 0.408 e. The lowest BCUT2D eigenvalue weighted by Gasteiger charge is -2.00. The fourth-order valence-corrected chi connectivity index (χ4v) is 0.874. The minimum atomic E-state index is -4.71. The average Bonchev–Trinajstić information content (AvgIpc) is 2.59. The van der Waals surface area contributed by atoms with Gasteiger partial charge in [0.25, 0.3) is 0 Å². The van der Waals surface area contributed by atoms with E-state index in [2.05, 4.69) is 4.74 Å². The molecular formula is C5H5F4NO2. The molecule has 1 saturated heterocycles. The van der Waals surface area contributed by atoms with Gasteiger partial charge in [-0.2, -0.15) is 13.2 Å². The quantitative estimate of drug-likeness (QED) is 0.261. The van der Waals surface area contributed by atoms with Crippen molar-refractivity contribution in [1.82, 2.24) is 5.12 Å². The molecule has 0 N–H and O–H groups in total. The highest BCUT2D eigenvalue weighted by Crippen LogP contribution is 2.41. The first-order valence-corrected chi connectivity index (χ1v) is 2.98. The van der Waals surface area contributed by atoms with Crippen LogP contribution in [0.25, 0.3) is 0 Å². The first-order valence-electron chi connectivity index (χ1n) is 2.98. The van der Waals surface area contributed by atoms with Gasteiger partial charge in [-0.15, -0.1) is 9.60 Å². The Bertz CT molecular complexity index is 204. The summed E-state index contributed by atoms with van der Waals surface area (Å²) < 4.78 is 51.4. The predicted octanol–water partition coefficient (Wildman–Crippen LogP) is 0.659. The molecule has 0 amide bonds. The van der Waals surface area contributed by atoms with E-state index in [9.17, 15) is 22.4 Å². The monoisotopic (exact) mass is 187 g/mol. The van der Waals surface area contributed by atoms with Crippen LogP contribution in [-0.4, -0.2) is 36.5 Å². The minimum absolute atomic E-state index is 0.578. The minimum Gasteiger partial charge on any atom is -0.468 e. The molecule has 0 bridgehead atoms. The number of carbonyl (C=O) groups is 1. The van der Waals surface area contributed by atoms with Crippen molar-refractivity contribution >= 4 is 5.97 Å². The van der Waals surface area contributed by atoms with E-state index in [1.54, 1.807) is 0 Å². The number of methoxy groups -OCH3 is 1. The summed E-state index contributed by atoms with van der Waals surface area (Å²) >= 11 is 0. The first-order chi connectivity index (χ1) is 5.39. The van der Waals surface area contributed by atoms with Crippen molar-refractivity contribution in [2.75, 3.05) is 7.11 Å². The fraction of sp³-hybridized carbons (Fsp3) is 0.800. The van der Waals surface area contributed by atoms with Gasteiger partial charge in [-0.1, -0.05) is 0 Å². The third-order valence-corrected chi connectivity index (χ3v) is 1.52. The van der Waals surface area contributed by atoms with Gasteiger partial charge in [0.1, 0.15) is 0 Å². The smallest absolute Gasteiger partial charge is 0.408 e. The van der Waals surface area contributed by atoms with Crippen LogP contribution in [0.5, 0.6) is 0 Å². The second-order valence-electron chi connectivity index (χ2n) is 2.30. The van der Waals surface area contributed by atoms with Crippen molar-refractivity contribution in [2.24, 2.45) is 0 Å². The van der Waals surface area contributed by atoms with Crippen LogP contribution in [0.3, 0.4) is 0 Å². The lowest BCUT2D eigenvalue weighted by Crippen LogP contribution is -2.23. The number of carbonyl (C=O) groups excluding carboxylic acids is 1. The van der Waals surface area contributed by atoms with Crippen LogP contribution in [0, 0.1) is 0 Å². The molecule has 1 unspecified atom stereocenters.